The summed E-state index contributed by atoms with van der Waals surface area (Å²) in [6.07, 6.45) is 2.46. The number of benzene rings is 1. The molecule has 26 heavy (non-hydrogen) atoms. The molecule has 1 aromatic heterocycles. The molecular formula is C21H28N2O3. The maximum absolute atomic E-state index is 12.1. The Morgan fingerprint density at radius 3 is 2.62 bits per heavy atom. The largest absolute Gasteiger partial charge is 0.378 e. The maximum atomic E-state index is 12.1. The Bertz CT molecular complexity index is 868. The van der Waals surface area contributed by atoms with Crippen molar-refractivity contribution < 1.29 is 14.6 Å². The summed E-state index contributed by atoms with van der Waals surface area (Å²) in [7, 11) is 5.36. The van der Waals surface area contributed by atoms with Crippen LogP contribution in [0.3, 0.4) is 0 Å². The van der Waals surface area contributed by atoms with Gasteiger partial charge in [0.1, 0.15) is 0 Å². The highest BCUT2D eigenvalue weighted by molar-refractivity contribution is 5.86. The van der Waals surface area contributed by atoms with E-state index < -0.39 is 11.9 Å². The highest BCUT2D eigenvalue weighted by atomic mass is 16.7. The lowest BCUT2D eigenvalue weighted by atomic mass is 9.70. The minimum atomic E-state index is -1.23. The van der Waals surface area contributed by atoms with Gasteiger partial charge in [0.05, 0.1) is 11.9 Å². The minimum Gasteiger partial charge on any atom is -0.378 e. The Morgan fingerprint density at radius 2 is 1.96 bits per heavy atom. The first-order chi connectivity index (χ1) is 12.5. The van der Waals surface area contributed by atoms with E-state index in [1.54, 1.807) is 14.2 Å². The number of para-hydroxylation sites is 1. The fraction of sp³-hybridized carbons (Fsp3) is 0.524. The van der Waals surface area contributed by atoms with Crippen molar-refractivity contribution in [3.63, 3.8) is 0 Å². The highest BCUT2D eigenvalue weighted by Crippen LogP contribution is 2.54. The molecule has 3 atom stereocenters. The molecule has 0 amide bonds. The zero-order valence-electron chi connectivity index (χ0n) is 16.2. The van der Waals surface area contributed by atoms with Crippen molar-refractivity contribution in [1.29, 1.82) is 0 Å². The van der Waals surface area contributed by atoms with Crippen molar-refractivity contribution in [3.05, 3.63) is 47.2 Å². The summed E-state index contributed by atoms with van der Waals surface area (Å²) in [6.45, 7) is 4.98. The number of hydrogen-bond acceptors (Lipinski definition) is 4. The molecule has 3 heterocycles. The summed E-state index contributed by atoms with van der Waals surface area (Å²) in [5.74, 6) is -0.0332. The van der Waals surface area contributed by atoms with Crippen LogP contribution in [0.2, 0.25) is 0 Å². The minimum absolute atomic E-state index is 0.0332. The van der Waals surface area contributed by atoms with Crippen LogP contribution in [0.5, 0.6) is 0 Å². The van der Waals surface area contributed by atoms with E-state index in [-0.39, 0.29) is 12.1 Å². The van der Waals surface area contributed by atoms with Gasteiger partial charge in [0.15, 0.2) is 11.9 Å². The summed E-state index contributed by atoms with van der Waals surface area (Å²) in [4.78, 5) is 2.37. The predicted molar refractivity (Wildman–Crippen MR) is 102 cm³/mol. The van der Waals surface area contributed by atoms with Crippen LogP contribution in [-0.4, -0.2) is 48.7 Å². The molecule has 2 aliphatic heterocycles. The average Bonchev–Trinajstić information content (AvgIpc) is 2.95. The van der Waals surface area contributed by atoms with Crippen molar-refractivity contribution in [2.75, 3.05) is 27.8 Å². The number of aryl methyl sites for hydroxylation is 1. The van der Waals surface area contributed by atoms with Gasteiger partial charge in [-0.3, -0.25) is 4.90 Å². The Kier molecular flexibility index (Phi) is 4.23. The van der Waals surface area contributed by atoms with E-state index in [0.717, 1.165) is 29.7 Å². The standard InChI is InChI=1S/C21H28N2O3/c1-6-14-12-22(3)18-11-16(14)21(24,20(25-4)26-5)19-13(2)15-9-7-8-10-17(15)23(18)19/h6-10,16,18,20,24H,11-12H2,1-5H3/b14-6+/t16-,18-,21+/m1/s1. The molecule has 1 saturated heterocycles. The monoisotopic (exact) mass is 356 g/mol. The molecule has 140 valence electrons. The van der Waals surface area contributed by atoms with Crippen LogP contribution >= 0.6 is 0 Å². The zero-order chi connectivity index (χ0) is 18.6. The Morgan fingerprint density at radius 1 is 1.27 bits per heavy atom. The third-order valence-electron chi connectivity index (χ3n) is 6.37. The molecule has 2 bridgehead atoms. The quantitative estimate of drug-likeness (QED) is 0.678. The smallest absolute Gasteiger partial charge is 0.192 e. The molecule has 1 N–H and O–H groups in total. The maximum Gasteiger partial charge on any atom is 0.192 e. The number of ether oxygens (including phenoxy) is 2. The molecule has 2 aromatic rings. The summed E-state index contributed by atoms with van der Waals surface area (Å²) in [5, 5.41) is 13.3. The zero-order valence-corrected chi connectivity index (χ0v) is 16.2. The summed E-state index contributed by atoms with van der Waals surface area (Å²) < 4.78 is 13.6. The molecule has 0 saturated carbocycles. The van der Waals surface area contributed by atoms with Gasteiger partial charge in [-0.2, -0.15) is 0 Å². The number of allylic oxidation sites excluding steroid dienone is 1. The number of nitrogens with zero attached hydrogens (tertiary/aromatic N) is 2. The first kappa shape index (κ1) is 17.7. The van der Waals surface area contributed by atoms with Gasteiger partial charge in [-0.25, -0.2) is 0 Å². The fourth-order valence-electron chi connectivity index (χ4n) is 5.23. The molecule has 0 unspecified atom stereocenters. The summed E-state index contributed by atoms with van der Waals surface area (Å²) >= 11 is 0. The van der Waals surface area contributed by atoms with Crippen LogP contribution in [0.4, 0.5) is 0 Å². The van der Waals surface area contributed by atoms with Gasteiger partial charge in [0, 0.05) is 37.6 Å². The van der Waals surface area contributed by atoms with Gasteiger partial charge in [-0.05, 0) is 38.9 Å². The predicted octanol–water partition coefficient (Wildman–Crippen LogP) is 3.17. The van der Waals surface area contributed by atoms with Gasteiger partial charge in [0.2, 0.25) is 0 Å². The van der Waals surface area contributed by atoms with Crippen LogP contribution in [0, 0.1) is 12.8 Å². The lowest BCUT2D eigenvalue weighted by Gasteiger charge is -2.53. The topological polar surface area (TPSA) is 46.9 Å². The first-order valence-corrected chi connectivity index (χ1v) is 9.22. The lowest BCUT2D eigenvalue weighted by Crippen LogP contribution is -2.58. The Labute approximate surface area is 154 Å². The van der Waals surface area contributed by atoms with E-state index in [1.807, 2.05) is 0 Å². The molecular weight excluding hydrogens is 328 g/mol. The molecule has 0 spiro atoms. The molecule has 2 aliphatic rings. The number of likely N-dealkylation sites (tertiary alicyclic amines) is 1. The molecule has 1 fully saturated rings. The van der Waals surface area contributed by atoms with E-state index in [1.165, 1.54) is 11.0 Å². The van der Waals surface area contributed by atoms with E-state index in [2.05, 4.69) is 60.7 Å². The number of aliphatic hydroxyl groups is 1. The molecule has 0 radical (unpaired) electrons. The second-order valence-corrected chi connectivity index (χ2v) is 7.54. The van der Waals surface area contributed by atoms with Crippen molar-refractivity contribution >= 4 is 10.9 Å². The third-order valence-corrected chi connectivity index (χ3v) is 6.37. The number of fused-ring (bicyclic) bond motifs is 6. The van der Waals surface area contributed by atoms with E-state index in [0.29, 0.717) is 0 Å². The second kappa shape index (κ2) is 6.20. The van der Waals surface area contributed by atoms with Gasteiger partial charge in [0.25, 0.3) is 0 Å². The number of rotatable bonds is 3. The first-order valence-electron chi connectivity index (χ1n) is 9.22. The van der Waals surface area contributed by atoms with Crippen LogP contribution in [0.25, 0.3) is 10.9 Å². The Balaban J connectivity index is 2.09. The molecule has 1 aromatic carbocycles. The fourth-order valence-corrected chi connectivity index (χ4v) is 5.23. The van der Waals surface area contributed by atoms with E-state index >= 15 is 0 Å². The Hall–Kier alpha value is -1.66. The van der Waals surface area contributed by atoms with Crippen LogP contribution in [0.1, 0.15) is 30.8 Å². The third kappa shape index (κ3) is 2.12. The van der Waals surface area contributed by atoms with E-state index in [9.17, 15) is 5.11 Å². The van der Waals surface area contributed by atoms with E-state index in [4.69, 9.17) is 9.47 Å². The number of likely N-dealkylation sites (N-methyl/N-ethyl adjacent to an activating group) is 1. The van der Waals surface area contributed by atoms with Crippen LogP contribution < -0.4 is 0 Å². The van der Waals surface area contributed by atoms with Gasteiger partial charge in [-0.1, -0.05) is 29.8 Å². The van der Waals surface area contributed by atoms with Crippen molar-refractivity contribution in [2.24, 2.45) is 5.92 Å². The molecule has 5 nitrogen and oxygen atoms in total. The number of hydrogen-bond donors (Lipinski definition) is 1. The highest BCUT2D eigenvalue weighted by Gasteiger charge is 2.57. The molecule has 0 aliphatic carbocycles. The normalized spacial score (nSPS) is 30.3. The summed E-state index contributed by atoms with van der Waals surface area (Å²) in [6, 6.07) is 8.38. The lowest BCUT2D eigenvalue weighted by molar-refractivity contribution is -0.251. The summed E-state index contributed by atoms with van der Waals surface area (Å²) in [5.41, 5.74) is 3.18. The van der Waals surface area contributed by atoms with Gasteiger partial charge < -0.3 is 19.1 Å². The number of piperidine rings is 1. The van der Waals surface area contributed by atoms with Crippen molar-refractivity contribution in [2.45, 2.75) is 38.3 Å². The number of methoxy groups -OCH3 is 2. The van der Waals surface area contributed by atoms with Crippen LogP contribution in [0.15, 0.2) is 35.9 Å². The molecule has 5 heteroatoms. The molecule has 4 rings (SSSR count). The second-order valence-electron chi connectivity index (χ2n) is 7.54. The van der Waals surface area contributed by atoms with Crippen molar-refractivity contribution in [3.8, 4) is 0 Å². The van der Waals surface area contributed by atoms with Gasteiger partial charge in [-0.15, -0.1) is 0 Å². The number of aromatic nitrogens is 1. The van der Waals surface area contributed by atoms with Crippen LogP contribution in [-0.2, 0) is 15.1 Å². The SMILES string of the molecule is C/C=C1\CN(C)[C@H]2C[C@H]1[C@@](O)(C(OC)OC)c1c(C)c3ccccc3n12. The van der Waals surface area contributed by atoms with Gasteiger partial charge >= 0.3 is 0 Å². The van der Waals surface area contributed by atoms with Crippen molar-refractivity contribution in [1.82, 2.24) is 9.47 Å². The average molecular weight is 356 g/mol.